The Labute approximate surface area is 214 Å². The number of nitrogens with one attached hydrogen (secondary N) is 2. The van der Waals surface area contributed by atoms with Gasteiger partial charge in [-0.2, -0.15) is 5.10 Å². The van der Waals surface area contributed by atoms with E-state index in [9.17, 15) is 0 Å². The van der Waals surface area contributed by atoms with E-state index in [-0.39, 0.29) is 36.1 Å². The number of aromatic nitrogens is 3. The van der Waals surface area contributed by atoms with Crippen LogP contribution in [0, 0.1) is 0 Å². The van der Waals surface area contributed by atoms with Crippen LogP contribution < -0.4 is 10.6 Å². The van der Waals surface area contributed by atoms with Crippen LogP contribution in [-0.4, -0.2) is 53.6 Å². The first-order valence-electron chi connectivity index (χ1n) is 11.9. The summed E-state index contributed by atoms with van der Waals surface area (Å²) in [6.45, 7) is 5.64. The van der Waals surface area contributed by atoms with E-state index in [2.05, 4.69) is 51.9 Å². The molecule has 0 saturated heterocycles. The second kappa shape index (κ2) is 13.2. The number of benzene rings is 1. The summed E-state index contributed by atoms with van der Waals surface area (Å²) in [5, 5.41) is 11.5. The molecule has 4 rings (SSSR count). The predicted molar refractivity (Wildman–Crippen MR) is 140 cm³/mol. The molecule has 2 aliphatic rings. The lowest BCUT2D eigenvalue weighted by atomic mass is 9.89. The molecule has 2 aromatic rings. The number of aliphatic imine (C=N–C) groups is 1. The molecule has 1 aliphatic heterocycles. The van der Waals surface area contributed by atoms with Gasteiger partial charge in [-0.15, -0.1) is 24.0 Å². The Bertz CT molecular complexity index is 903. The van der Waals surface area contributed by atoms with Gasteiger partial charge in [0, 0.05) is 39.3 Å². The van der Waals surface area contributed by atoms with Gasteiger partial charge < -0.3 is 20.1 Å². The van der Waals surface area contributed by atoms with Gasteiger partial charge in [-0.1, -0.05) is 24.3 Å². The molecule has 0 bridgehead atoms. The Kier molecular flexibility index (Phi) is 10.4. The topological polar surface area (TPSA) is 85.6 Å². The fourth-order valence-corrected chi connectivity index (χ4v) is 4.55. The summed E-state index contributed by atoms with van der Waals surface area (Å²) in [5.74, 6) is 2.66. The number of hydrogen-bond donors (Lipinski definition) is 2. The molecule has 1 aromatic heterocycles. The number of aryl methyl sites for hydroxylation is 2. The Morgan fingerprint density at radius 3 is 2.97 bits per heavy atom. The van der Waals surface area contributed by atoms with Crippen LogP contribution in [0.1, 0.15) is 61.5 Å². The third kappa shape index (κ3) is 7.13. The van der Waals surface area contributed by atoms with Crippen molar-refractivity contribution in [3.63, 3.8) is 0 Å². The fourth-order valence-electron chi connectivity index (χ4n) is 4.55. The highest BCUT2D eigenvalue weighted by atomic mass is 127. The smallest absolute Gasteiger partial charge is 0.191 e. The van der Waals surface area contributed by atoms with Crippen molar-refractivity contribution in [1.82, 2.24) is 25.4 Å². The van der Waals surface area contributed by atoms with E-state index < -0.39 is 0 Å². The van der Waals surface area contributed by atoms with E-state index in [1.165, 1.54) is 24.0 Å². The summed E-state index contributed by atoms with van der Waals surface area (Å²) in [6.07, 6.45) is 6.55. The van der Waals surface area contributed by atoms with Crippen LogP contribution >= 0.6 is 24.0 Å². The van der Waals surface area contributed by atoms with Crippen molar-refractivity contribution < 1.29 is 9.47 Å². The van der Waals surface area contributed by atoms with Crippen molar-refractivity contribution in [1.29, 1.82) is 0 Å². The van der Waals surface area contributed by atoms with Gasteiger partial charge in [0.15, 0.2) is 11.8 Å². The first-order chi connectivity index (χ1) is 15.8. The lowest BCUT2D eigenvalue weighted by Gasteiger charge is -2.26. The Morgan fingerprint density at radius 1 is 1.24 bits per heavy atom. The molecule has 0 saturated carbocycles. The van der Waals surface area contributed by atoms with Crippen LogP contribution in [-0.2, 0) is 35.5 Å². The van der Waals surface area contributed by atoms with Gasteiger partial charge >= 0.3 is 0 Å². The molecule has 1 aromatic carbocycles. The maximum atomic E-state index is 6.22. The molecular weight excluding hydrogens is 531 g/mol. The molecule has 0 amide bonds. The van der Waals surface area contributed by atoms with Gasteiger partial charge in [0.25, 0.3) is 0 Å². The van der Waals surface area contributed by atoms with E-state index in [0.717, 1.165) is 69.5 Å². The second-order valence-corrected chi connectivity index (χ2v) is 8.50. The molecule has 2 N–H and O–H groups in total. The van der Waals surface area contributed by atoms with Gasteiger partial charge in [0.2, 0.25) is 0 Å². The first kappa shape index (κ1) is 25.9. The maximum Gasteiger partial charge on any atom is 0.191 e. The molecule has 2 unspecified atom stereocenters. The molecule has 1 aliphatic carbocycles. The summed E-state index contributed by atoms with van der Waals surface area (Å²) >= 11 is 0. The average molecular weight is 569 g/mol. The number of halogens is 1. The van der Waals surface area contributed by atoms with Crippen LogP contribution in [0.3, 0.4) is 0 Å². The van der Waals surface area contributed by atoms with E-state index in [1.807, 2.05) is 4.68 Å². The fraction of sp³-hybridized carbons (Fsp3) is 0.625. The second-order valence-electron chi connectivity index (χ2n) is 8.50. The number of rotatable bonds is 9. The van der Waals surface area contributed by atoms with Crippen LogP contribution in [0.5, 0.6) is 0 Å². The standard InChI is InChI=1S/C24H36N6O2.HI/c1-3-25-24(27-19-12-13-23-28-22(17-31-2)29-30(23)16-19)26-14-7-15-32-21-11-6-9-18-8-4-5-10-20(18)21;/h4-5,8,10,19,21H,3,6-7,9,11-17H2,1-2H3,(H2,25,26,27);1H. The van der Waals surface area contributed by atoms with Crippen LogP contribution in [0.2, 0.25) is 0 Å². The lowest BCUT2D eigenvalue weighted by Crippen LogP contribution is -2.47. The van der Waals surface area contributed by atoms with Gasteiger partial charge in [-0.3, -0.25) is 4.99 Å². The molecule has 0 fully saturated rings. The van der Waals surface area contributed by atoms with Crippen LogP contribution in [0.4, 0.5) is 0 Å². The molecule has 182 valence electrons. The van der Waals surface area contributed by atoms with E-state index in [0.29, 0.717) is 6.61 Å². The highest BCUT2D eigenvalue weighted by Crippen LogP contribution is 2.32. The summed E-state index contributed by atoms with van der Waals surface area (Å²) in [5.41, 5.74) is 2.81. The van der Waals surface area contributed by atoms with Gasteiger partial charge in [0.05, 0.1) is 12.6 Å². The van der Waals surface area contributed by atoms with E-state index in [1.54, 1.807) is 7.11 Å². The Hall–Kier alpha value is -1.72. The zero-order chi connectivity index (χ0) is 22.2. The van der Waals surface area contributed by atoms with Crippen LogP contribution in [0.25, 0.3) is 0 Å². The minimum atomic E-state index is 0. The number of fused-ring (bicyclic) bond motifs is 2. The minimum absolute atomic E-state index is 0. The predicted octanol–water partition coefficient (Wildman–Crippen LogP) is 3.40. The summed E-state index contributed by atoms with van der Waals surface area (Å²) < 4.78 is 13.4. The molecule has 0 spiro atoms. The normalized spacial score (nSPS) is 19.9. The number of nitrogens with zero attached hydrogens (tertiary/aromatic N) is 4. The monoisotopic (exact) mass is 568 g/mol. The van der Waals surface area contributed by atoms with Gasteiger partial charge in [-0.25, -0.2) is 9.67 Å². The van der Waals surface area contributed by atoms with Gasteiger partial charge in [-0.05, 0) is 50.2 Å². The summed E-state index contributed by atoms with van der Waals surface area (Å²) in [6, 6.07) is 8.97. The van der Waals surface area contributed by atoms with Crippen molar-refractivity contribution in [2.45, 2.75) is 70.7 Å². The van der Waals surface area contributed by atoms with E-state index >= 15 is 0 Å². The third-order valence-corrected chi connectivity index (χ3v) is 6.07. The molecule has 2 atom stereocenters. The minimum Gasteiger partial charge on any atom is -0.377 e. The zero-order valence-electron chi connectivity index (χ0n) is 19.8. The molecule has 0 radical (unpaired) electrons. The van der Waals surface area contributed by atoms with Crippen LogP contribution in [0.15, 0.2) is 29.3 Å². The zero-order valence-corrected chi connectivity index (χ0v) is 22.1. The molecular formula is C24H37IN6O2. The summed E-state index contributed by atoms with van der Waals surface area (Å²) in [7, 11) is 1.67. The highest BCUT2D eigenvalue weighted by molar-refractivity contribution is 14.0. The molecule has 33 heavy (non-hydrogen) atoms. The molecule has 8 nitrogen and oxygen atoms in total. The average Bonchev–Trinajstić information content (AvgIpc) is 3.21. The number of methoxy groups -OCH3 is 1. The maximum absolute atomic E-state index is 6.22. The quantitative estimate of drug-likeness (QED) is 0.209. The van der Waals surface area contributed by atoms with E-state index in [4.69, 9.17) is 14.5 Å². The Morgan fingerprint density at radius 2 is 2.12 bits per heavy atom. The Balaban J connectivity index is 0.00000306. The number of hydrogen-bond acceptors (Lipinski definition) is 5. The largest absolute Gasteiger partial charge is 0.377 e. The van der Waals surface area contributed by atoms with Crippen molar-refractivity contribution >= 4 is 29.9 Å². The summed E-state index contributed by atoms with van der Waals surface area (Å²) in [4.78, 5) is 9.33. The van der Waals surface area contributed by atoms with Crippen molar-refractivity contribution in [3.8, 4) is 0 Å². The lowest BCUT2D eigenvalue weighted by molar-refractivity contribution is 0.0403. The molecule has 9 heteroatoms. The van der Waals surface area contributed by atoms with Crippen molar-refractivity contribution in [3.05, 3.63) is 47.0 Å². The van der Waals surface area contributed by atoms with Crippen molar-refractivity contribution in [2.24, 2.45) is 4.99 Å². The SMILES string of the molecule is CCNC(=NCCCOC1CCCc2ccccc21)NC1CCc2nc(COC)nn2C1.I. The highest BCUT2D eigenvalue weighted by Gasteiger charge is 2.22. The number of ether oxygens (including phenoxy) is 2. The molecule has 2 heterocycles. The van der Waals surface area contributed by atoms with Gasteiger partial charge in [0.1, 0.15) is 12.4 Å². The third-order valence-electron chi connectivity index (χ3n) is 6.07. The number of guanidine groups is 1. The van der Waals surface area contributed by atoms with Crippen molar-refractivity contribution in [2.75, 3.05) is 26.8 Å². The first-order valence-corrected chi connectivity index (χ1v) is 11.9.